The Balaban J connectivity index is 1.68. The van der Waals surface area contributed by atoms with Gasteiger partial charge in [-0.15, -0.1) is 0 Å². The van der Waals surface area contributed by atoms with E-state index < -0.39 is 0 Å². The molecule has 0 radical (unpaired) electrons. The van der Waals surface area contributed by atoms with Crippen LogP contribution in [0, 0.1) is 0 Å². The Bertz CT molecular complexity index is 519. The molecule has 1 aromatic carbocycles. The molecule has 1 aliphatic rings. The highest BCUT2D eigenvalue weighted by atomic mass is 16.5. The number of rotatable bonds is 4. The average molecular weight is 258 g/mol. The normalized spacial score (nSPS) is 19.2. The van der Waals surface area contributed by atoms with Crippen LogP contribution in [0.4, 0.5) is 0 Å². The Morgan fingerprint density at radius 3 is 2.95 bits per heavy atom. The molecule has 1 unspecified atom stereocenters. The highest BCUT2D eigenvalue weighted by Gasteiger charge is 2.21. The summed E-state index contributed by atoms with van der Waals surface area (Å²) in [5, 5.41) is 7.40. The minimum absolute atomic E-state index is 0.562. The van der Waals surface area contributed by atoms with Crippen molar-refractivity contribution in [1.82, 2.24) is 20.4 Å². The maximum absolute atomic E-state index is 5.33. The first-order valence-electron chi connectivity index (χ1n) is 6.62. The fourth-order valence-corrected chi connectivity index (χ4v) is 2.38. The number of likely N-dealkylation sites (N-methyl/N-ethyl adjacent to an activating group) is 1. The smallest absolute Gasteiger partial charge is 0.241 e. The SMILES string of the molecule is CN(Cc1nc(-c2ccccc2)no1)C1CCNC1. The van der Waals surface area contributed by atoms with Crippen LogP contribution in [-0.2, 0) is 6.54 Å². The molecule has 1 aliphatic heterocycles. The molecule has 1 saturated heterocycles. The summed E-state index contributed by atoms with van der Waals surface area (Å²) in [6.07, 6.45) is 1.18. The van der Waals surface area contributed by atoms with E-state index in [-0.39, 0.29) is 0 Å². The maximum Gasteiger partial charge on any atom is 0.241 e. The van der Waals surface area contributed by atoms with Gasteiger partial charge in [0.25, 0.3) is 0 Å². The molecule has 1 aromatic heterocycles. The lowest BCUT2D eigenvalue weighted by molar-refractivity contribution is 0.214. The summed E-state index contributed by atoms with van der Waals surface area (Å²) in [5.74, 6) is 1.34. The molecule has 1 N–H and O–H groups in total. The molecule has 19 heavy (non-hydrogen) atoms. The molecule has 0 amide bonds. The lowest BCUT2D eigenvalue weighted by Gasteiger charge is -2.21. The van der Waals surface area contributed by atoms with E-state index >= 15 is 0 Å². The third-order valence-corrected chi connectivity index (χ3v) is 3.54. The van der Waals surface area contributed by atoms with Crippen LogP contribution < -0.4 is 5.32 Å². The van der Waals surface area contributed by atoms with Crippen molar-refractivity contribution in [2.45, 2.75) is 19.0 Å². The van der Waals surface area contributed by atoms with Crippen LogP contribution in [0.5, 0.6) is 0 Å². The standard InChI is InChI=1S/C14H18N4O/c1-18(12-7-8-15-9-12)10-13-16-14(17-19-13)11-5-3-2-4-6-11/h2-6,12,15H,7-10H2,1H3. The van der Waals surface area contributed by atoms with Crippen LogP contribution in [0.2, 0.25) is 0 Å². The molecule has 3 rings (SSSR count). The van der Waals surface area contributed by atoms with Crippen molar-refractivity contribution < 1.29 is 4.52 Å². The van der Waals surface area contributed by atoms with E-state index in [0.717, 1.165) is 18.7 Å². The van der Waals surface area contributed by atoms with Crippen molar-refractivity contribution in [3.8, 4) is 11.4 Å². The summed E-state index contributed by atoms with van der Waals surface area (Å²) < 4.78 is 5.33. The second-order valence-corrected chi connectivity index (χ2v) is 4.94. The Labute approximate surface area is 112 Å². The van der Waals surface area contributed by atoms with E-state index in [1.54, 1.807) is 0 Å². The van der Waals surface area contributed by atoms with Crippen LogP contribution >= 0.6 is 0 Å². The topological polar surface area (TPSA) is 54.2 Å². The molecule has 0 saturated carbocycles. The summed E-state index contributed by atoms with van der Waals surface area (Å²) in [5.41, 5.74) is 0.989. The monoisotopic (exact) mass is 258 g/mol. The van der Waals surface area contributed by atoms with Gasteiger partial charge in [0.15, 0.2) is 0 Å². The van der Waals surface area contributed by atoms with Crippen molar-refractivity contribution in [3.05, 3.63) is 36.2 Å². The molecule has 2 heterocycles. The van der Waals surface area contributed by atoms with E-state index in [0.29, 0.717) is 24.3 Å². The van der Waals surface area contributed by atoms with Crippen LogP contribution in [0.3, 0.4) is 0 Å². The molecule has 5 heteroatoms. The van der Waals surface area contributed by atoms with Crippen LogP contribution in [0.25, 0.3) is 11.4 Å². The number of aromatic nitrogens is 2. The zero-order chi connectivity index (χ0) is 13.1. The highest BCUT2D eigenvalue weighted by Crippen LogP contribution is 2.16. The summed E-state index contributed by atoms with van der Waals surface area (Å²) in [6, 6.07) is 10.5. The number of hydrogen-bond acceptors (Lipinski definition) is 5. The van der Waals surface area contributed by atoms with E-state index in [9.17, 15) is 0 Å². The van der Waals surface area contributed by atoms with Gasteiger partial charge in [-0.2, -0.15) is 4.98 Å². The first kappa shape index (κ1) is 12.3. The van der Waals surface area contributed by atoms with Gasteiger partial charge < -0.3 is 9.84 Å². The Morgan fingerprint density at radius 1 is 1.37 bits per heavy atom. The zero-order valence-corrected chi connectivity index (χ0v) is 11.0. The molecular weight excluding hydrogens is 240 g/mol. The summed E-state index contributed by atoms with van der Waals surface area (Å²) >= 11 is 0. The second-order valence-electron chi connectivity index (χ2n) is 4.94. The molecule has 1 atom stereocenters. The van der Waals surface area contributed by atoms with Gasteiger partial charge in [0.05, 0.1) is 6.54 Å². The van der Waals surface area contributed by atoms with Crippen molar-refractivity contribution in [2.24, 2.45) is 0 Å². The van der Waals surface area contributed by atoms with Crippen molar-refractivity contribution in [2.75, 3.05) is 20.1 Å². The summed E-state index contributed by atoms with van der Waals surface area (Å²) in [7, 11) is 2.10. The van der Waals surface area contributed by atoms with E-state index in [1.165, 1.54) is 6.42 Å². The highest BCUT2D eigenvalue weighted by molar-refractivity contribution is 5.53. The van der Waals surface area contributed by atoms with Gasteiger partial charge in [-0.3, -0.25) is 4.90 Å². The summed E-state index contributed by atoms with van der Waals surface area (Å²) in [6.45, 7) is 2.83. The van der Waals surface area contributed by atoms with Gasteiger partial charge in [-0.1, -0.05) is 35.5 Å². The molecule has 5 nitrogen and oxygen atoms in total. The molecule has 100 valence electrons. The van der Waals surface area contributed by atoms with Crippen molar-refractivity contribution in [1.29, 1.82) is 0 Å². The molecule has 1 fully saturated rings. The van der Waals surface area contributed by atoms with E-state index in [2.05, 4.69) is 27.4 Å². The fourth-order valence-electron chi connectivity index (χ4n) is 2.38. The quantitative estimate of drug-likeness (QED) is 0.901. The number of nitrogens with one attached hydrogen (secondary N) is 1. The lowest BCUT2D eigenvalue weighted by Crippen LogP contribution is -2.32. The van der Waals surface area contributed by atoms with Gasteiger partial charge in [0.1, 0.15) is 0 Å². The van der Waals surface area contributed by atoms with Crippen LogP contribution in [-0.4, -0.2) is 41.2 Å². The molecule has 2 aromatic rings. The fraction of sp³-hybridized carbons (Fsp3) is 0.429. The van der Waals surface area contributed by atoms with Gasteiger partial charge in [0, 0.05) is 18.2 Å². The third kappa shape index (κ3) is 2.83. The Morgan fingerprint density at radius 2 is 2.21 bits per heavy atom. The number of hydrogen-bond donors (Lipinski definition) is 1. The van der Waals surface area contributed by atoms with Gasteiger partial charge in [0.2, 0.25) is 11.7 Å². The Hall–Kier alpha value is -1.72. The van der Waals surface area contributed by atoms with Gasteiger partial charge in [-0.05, 0) is 20.0 Å². The first-order valence-corrected chi connectivity index (χ1v) is 6.62. The number of nitrogens with zero attached hydrogens (tertiary/aromatic N) is 3. The molecule has 0 bridgehead atoms. The minimum atomic E-state index is 0.562. The van der Waals surface area contributed by atoms with E-state index in [4.69, 9.17) is 4.52 Å². The van der Waals surface area contributed by atoms with Crippen LogP contribution in [0.15, 0.2) is 34.9 Å². The van der Waals surface area contributed by atoms with Crippen molar-refractivity contribution >= 4 is 0 Å². The average Bonchev–Trinajstić information content (AvgIpc) is 3.11. The number of benzene rings is 1. The molecule has 0 spiro atoms. The Kier molecular flexibility index (Phi) is 3.57. The minimum Gasteiger partial charge on any atom is -0.338 e. The predicted octanol–water partition coefficient (Wildman–Crippen LogP) is 1.53. The largest absolute Gasteiger partial charge is 0.338 e. The predicted molar refractivity (Wildman–Crippen MR) is 72.5 cm³/mol. The first-order chi connectivity index (χ1) is 9.33. The zero-order valence-electron chi connectivity index (χ0n) is 11.0. The lowest BCUT2D eigenvalue weighted by atomic mass is 10.2. The third-order valence-electron chi connectivity index (χ3n) is 3.54. The van der Waals surface area contributed by atoms with Gasteiger partial charge >= 0.3 is 0 Å². The van der Waals surface area contributed by atoms with Crippen LogP contribution in [0.1, 0.15) is 12.3 Å². The van der Waals surface area contributed by atoms with E-state index in [1.807, 2.05) is 30.3 Å². The van der Waals surface area contributed by atoms with Gasteiger partial charge in [-0.25, -0.2) is 0 Å². The van der Waals surface area contributed by atoms with Crippen molar-refractivity contribution in [3.63, 3.8) is 0 Å². The second kappa shape index (κ2) is 5.50. The maximum atomic E-state index is 5.33. The summed E-state index contributed by atoms with van der Waals surface area (Å²) in [4.78, 5) is 6.72. The molecule has 0 aliphatic carbocycles. The molecular formula is C14H18N4O.